The second kappa shape index (κ2) is 6.37. The first-order valence-electron chi connectivity index (χ1n) is 7.36. The van der Waals surface area contributed by atoms with E-state index >= 15 is 0 Å². The van der Waals surface area contributed by atoms with Crippen molar-refractivity contribution in [3.63, 3.8) is 0 Å². The number of carboxylic acids is 1. The quantitative estimate of drug-likeness (QED) is 0.717. The molecule has 3 N–H and O–H groups in total. The van der Waals surface area contributed by atoms with Crippen LogP contribution in [0.5, 0.6) is 0 Å². The minimum atomic E-state index is -0.816. The minimum absolute atomic E-state index is 0.00125. The first-order valence-corrected chi connectivity index (χ1v) is 7.36. The van der Waals surface area contributed by atoms with E-state index in [2.05, 4.69) is 10.6 Å². The highest BCUT2D eigenvalue weighted by Crippen LogP contribution is 2.31. The fourth-order valence-corrected chi connectivity index (χ4v) is 3.30. The number of amides is 1. The zero-order valence-electron chi connectivity index (χ0n) is 11.4. The van der Waals surface area contributed by atoms with E-state index in [9.17, 15) is 9.59 Å². The molecule has 2 aliphatic rings. The van der Waals surface area contributed by atoms with Crippen molar-refractivity contribution in [3.8, 4) is 0 Å². The topological polar surface area (TPSA) is 78.4 Å². The molecule has 0 unspecified atom stereocenters. The van der Waals surface area contributed by atoms with Gasteiger partial charge >= 0.3 is 5.97 Å². The lowest BCUT2D eigenvalue weighted by atomic mass is 9.78. The highest BCUT2D eigenvalue weighted by molar-refractivity contribution is 5.81. The Bertz CT molecular complexity index is 332. The number of carbonyl (C=O) groups excluding carboxylic acids is 1. The van der Waals surface area contributed by atoms with Gasteiger partial charge in [0.1, 0.15) is 0 Å². The first kappa shape index (κ1) is 14.3. The van der Waals surface area contributed by atoms with Crippen molar-refractivity contribution in [3.05, 3.63) is 0 Å². The Kier molecular flexibility index (Phi) is 4.80. The highest BCUT2D eigenvalue weighted by Gasteiger charge is 2.37. The highest BCUT2D eigenvalue weighted by atomic mass is 16.4. The molecule has 5 nitrogen and oxygen atoms in total. The summed E-state index contributed by atoms with van der Waals surface area (Å²) >= 11 is 0. The molecule has 0 spiro atoms. The zero-order chi connectivity index (χ0) is 13.7. The molecule has 1 saturated heterocycles. The van der Waals surface area contributed by atoms with Crippen molar-refractivity contribution in [2.24, 2.45) is 5.92 Å². The van der Waals surface area contributed by atoms with E-state index in [1.165, 1.54) is 0 Å². The van der Waals surface area contributed by atoms with Gasteiger partial charge < -0.3 is 15.7 Å². The largest absolute Gasteiger partial charge is 0.481 e. The number of aliphatic carboxylic acids is 1. The third-order valence-electron chi connectivity index (χ3n) is 4.36. The van der Waals surface area contributed by atoms with Gasteiger partial charge in [-0.25, -0.2) is 0 Å². The van der Waals surface area contributed by atoms with Crippen molar-refractivity contribution in [1.82, 2.24) is 10.6 Å². The van der Waals surface area contributed by atoms with Crippen molar-refractivity contribution in [2.75, 3.05) is 13.1 Å². The summed E-state index contributed by atoms with van der Waals surface area (Å²) in [7, 11) is 0. The number of piperidine rings is 1. The van der Waals surface area contributed by atoms with E-state index < -0.39 is 11.5 Å². The van der Waals surface area contributed by atoms with Gasteiger partial charge in [-0.05, 0) is 32.2 Å². The maximum Gasteiger partial charge on any atom is 0.305 e. The minimum Gasteiger partial charge on any atom is -0.481 e. The van der Waals surface area contributed by atoms with Crippen LogP contribution in [-0.2, 0) is 9.59 Å². The van der Waals surface area contributed by atoms with Crippen LogP contribution < -0.4 is 10.6 Å². The van der Waals surface area contributed by atoms with Crippen molar-refractivity contribution < 1.29 is 14.7 Å². The summed E-state index contributed by atoms with van der Waals surface area (Å²) in [5.41, 5.74) is -0.501. The Morgan fingerprint density at radius 1 is 1.21 bits per heavy atom. The van der Waals surface area contributed by atoms with Gasteiger partial charge in [-0.2, -0.15) is 0 Å². The van der Waals surface area contributed by atoms with Crippen LogP contribution in [0, 0.1) is 5.92 Å². The van der Waals surface area contributed by atoms with E-state index in [1.54, 1.807) is 0 Å². The second-order valence-corrected chi connectivity index (χ2v) is 5.94. The summed E-state index contributed by atoms with van der Waals surface area (Å²) in [6.07, 6.45) is 6.73. The Hall–Kier alpha value is -1.10. The van der Waals surface area contributed by atoms with Gasteiger partial charge in [0.2, 0.25) is 5.91 Å². The Labute approximate surface area is 114 Å². The van der Waals surface area contributed by atoms with Crippen LogP contribution >= 0.6 is 0 Å². The fourth-order valence-electron chi connectivity index (χ4n) is 3.30. The molecule has 0 aromatic rings. The molecule has 0 aromatic heterocycles. The third kappa shape index (κ3) is 3.93. The fraction of sp³-hybridized carbons (Fsp3) is 0.857. The normalized spacial score (nSPS) is 26.6. The molecule has 2 rings (SSSR count). The van der Waals surface area contributed by atoms with Crippen LogP contribution in [0.2, 0.25) is 0 Å². The van der Waals surface area contributed by atoms with Gasteiger partial charge in [-0.15, -0.1) is 0 Å². The monoisotopic (exact) mass is 268 g/mol. The summed E-state index contributed by atoms with van der Waals surface area (Å²) in [6.45, 7) is 1.69. The average Bonchev–Trinajstić information content (AvgIpc) is 2.39. The lowest BCUT2D eigenvalue weighted by molar-refractivity contribution is -0.140. The molecule has 1 atom stereocenters. The molecule has 1 amide bonds. The molecular formula is C14H24N2O3. The molecule has 2 fully saturated rings. The van der Waals surface area contributed by atoms with Crippen LogP contribution in [0.25, 0.3) is 0 Å². The Morgan fingerprint density at radius 2 is 1.95 bits per heavy atom. The number of nitrogens with one attached hydrogen (secondary N) is 2. The van der Waals surface area contributed by atoms with Crippen molar-refractivity contribution >= 4 is 11.9 Å². The predicted molar refractivity (Wildman–Crippen MR) is 71.8 cm³/mol. The van der Waals surface area contributed by atoms with Crippen LogP contribution in [0.15, 0.2) is 0 Å². The number of rotatable bonds is 4. The summed E-state index contributed by atoms with van der Waals surface area (Å²) < 4.78 is 0. The zero-order valence-corrected chi connectivity index (χ0v) is 11.4. The Morgan fingerprint density at radius 3 is 2.53 bits per heavy atom. The molecule has 0 radical (unpaired) electrons. The summed E-state index contributed by atoms with van der Waals surface area (Å²) in [4.78, 5) is 23.4. The van der Waals surface area contributed by atoms with Gasteiger partial charge in [-0.1, -0.05) is 19.3 Å². The van der Waals surface area contributed by atoms with E-state index in [4.69, 9.17) is 5.11 Å². The maximum atomic E-state index is 12.3. The number of hydrogen-bond acceptors (Lipinski definition) is 3. The molecule has 1 aliphatic heterocycles. The molecule has 0 aromatic carbocycles. The molecule has 5 heteroatoms. The Balaban J connectivity index is 1.98. The standard InChI is InChI=1S/C14H24N2O3/c17-12(18)9-14(6-2-1-3-7-14)16-13(19)11-5-4-8-15-10-11/h11,15H,1-10H2,(H,16,19)(H,17,18)/t11-/m0/s1. The molecular weight excluding hydrogens is 244 g/mol. The molecule has 1 heterocycles. The summed E-state index contributed by atoms with van der Waals surface area (Å²) in [5, 5.41) is 15.4. The van der Waals surface area contributed by atoms with Crippen molar-refractivity contribution in [2.45, 2.75) is 56.9 Å². The van der Waals surface area contributed by atoms with E-state index in [0.29, 0.717) is 0 Å². The molecule has 1 saturated carbocycles. The van der Waals surface area contributed by atoms with Gasteiger partial charge in [0.05, 0.1) is 17.9 Å². The lowest BCUT2D eigenvalue weighted by Crippen LogP contribution is -2.54. The molecule has 0 bridgehead atoms. The smallest absolute Gasteiger partial charge is 0.305 e. The van der Waals surface area contributed by atoms with E-state index in [-0.39, 0.29) is 18.2 Å². The van der Waals surface area contributed by atoms with Gasteiger partial charge in [0.25, 0.3) is 0 Å². The number of carboxylic acid groups (broad SMARTS) is 1. The van der Waals surface area contributed by atoms with Crippen LogP contribution in [0.1, 0.15) is 51.4 Å². The van der Waals surface area contributed by atoms with Gasteiger partial charge in [0, 0.05) is 6.54 Å². The third-order valence-corrected chi connectivity index (χ3v) is 4.36. The SMILES string of the molecule is O=C(O)CC1(NC(=O)[C@H]2CCCNC2)CCCCC1. The van der Waals surface area contributed by atoms with Crippen LogP contribution in [0.4, 0.5) is 0 Å². The molecule has 1 aliphatic carbocycles. The van der Waals surface area contributed by atoms with Gasteiger partial charge in [-0.3, -0.25) is 9.59 Å². The van der Waals surface area contributed by atoms with Crippen molar-refractivity contribution in [1.29, 1.82) is 0 Å². The predicted octanol–water partition coefficient (Wildman–Crippen LogP) is 1.28. The first-order chi connectivity index (χ1) is 9.11. The van der Waals surface area contributed by atoms with E-state index in [1.807, 2.05) is 0 Å². The van der Waals surface area contributed by atoms with Gasteiger partial charge in [0.15, 0.2) is 0 Å². The number of carbonyl (C=O) groups is 2. The second-order valence-electron chi connectivity index (χ2n) is 5.94. The summed E-state index contributed by atoms with van der Waals surface area (Å²) in [5.74, 6) is -0.777. The summed E-state index contributed by atoms with van der Waals surface area (Å²) in [6, 6.07) is 0. The lowest BCUT2D eigenvalue weighted by Gasteiger charge is -2.38. The molecule has 108 valence electrons. The van der Waals surface area contributed by atoms with E-state index in [0.717, 1.165) is 58.0 Å². The molecule has 19 heavy (non-hydrogen) atoms. The number of hydrogen-bond donors (Lipinski definition) is 3. The van der Waals surface area contributed by atoms with Crippen LogP contribution in [-0.4, -0.2) is 35.6 Å². The van der Waals surface area contributed by atoms with Crippen LogP contribution in [0.3, 0.4) is 0 Å². The maximum absolute atomic E-state index is 12.3. The average molecular weight is 268 g/mol.